The summed E-state index contributed by atoms with van der Waals surface area (Å²) in [5.41, 5.74) is 2.62. The fourth-order valence-corrected chi connectivity index (χ4v) is 3.43. The Morgan fingerprint density at radius 3 is 2.46 bits per heavy atom. The number of benzene rings is 1. The molecule has 130 valence electrons. The summed E-state index contributed by atoms with van der Waals surface area (Å²) in [6.45, 7) is 0.433. The van der Waals surface area contributed by atoms with Crippen molar-refractivity contribution < 1.29 is 14.3 Å². The topological polar surface area (TPSA) is 70.7 Å². The number of fused-ring (bicyclic) bond motifs is 1. The van der Waals surface area contributed by atoms with Gasteiger partial charge in [0.25, 0.3) is 5.91 Å². The number of ether oxygens (including phenoxy) is 1. The van der Waals surface area contributed by atoms with Crippen LogP contribution in [0.4, 0.5) is 4.79 Å². The summed E-state index contributed by atoms with van der Waals surface area (Å²) in [5, 5.41) is 5.89. The summed E-state index contributed by atoms with van der Waals surface area (Å²) < 4.78 is 5.72. The molecule has 1 aromatic carbocycles. The van der Waals surface area contributed by atoms with Gasteiger partial charge in [-0.3, -0.25) is 4.79 Å². The zero-order chi connectivity index (χ0) is 17.1. The lowest BCUT2D eigenvalue weighted by molar-refractivity contribution is -0.140. The van der Waals surface area contributed by atoms with Crippen LogP contribution in [0.2, 0.25) is 0 Å². The molecule has 2 N–H and O–H groups in total. The van der Waals surface area contributed by atoms with Crippen LogP contribution < -0.4 is 10.6 Å². The van der Waals surface area contributed by atoms with Crippen LogP contribution in [0.25, 0.3) is 0 Å². The molecule has 6 nitrogen and oxygen atoms in total. The van der Waals surface area contributed by atoms with Gasteiger partial charge in [-0.2, -0.15) is 0 Å². The molecule has 1 heterocycles. The quantitative estimate of drug-likeness (QED) is 0.868. The number of hydrogen-bond donors (Lipinski definition) is 2. The molecule has 24 heavy (non-hydrogen) atoms. The summed E-state index contributed by atoms with van der Waals surface area (Å²) in [7, 11) is 3.45. The molecule has 1 fully saturated rings. The van der Waals surface area contributed by atoms with Crippen molar-refractivity contribution in [2.75, 3.05) is 20.6 Å². The molecule has 0 aromatic heterocycles. The van der Waals surface area contributed by atoms with Crippen molar-refractivity contribution in [3.05, 3.63) is 35.4 Å². The van der Waals surface area contributed by atoms with Crippen molar-refractivity contribution in [2.45, 2.75) is 43.9 Å². The highest BCUT2D eigenvalue weighted by molar-refractivity contribution is 5.80. The first kappa shape index (κ1) is 16.8. The lowest BCUT2D eigenvalue weighted by Crippen LogP contribution is -2.45. The zero-order valence-corrected chi connectivity index (χ0v) is 14.2. The fraction of sp³-hybridized carbons (Fsp3) is 0.556. The monoisotopic (exact) mass is 331 g/mol. The second kappa shape index (κ2) is 7.21. The van der Waals surface area contributed by atoms with Crippen molar-refractivity contribution in [3.8, 4) is 0 Å². The Morgan fingerprint density at radius 2 is 1.83 bits per heavy atom. The SMILES string of the molecule is CN(C)C(=O)[C@@H]1CC[C@H](CNC(=O)NC2Cc3ccccc3C2)O1. The molecular formula is C18H25N3O3. The van der Waals surface area contributed by atoms with Crippen LogP contribution in [-0.2, 0) is 22.4 Å². The Balaban J connectivity index is 1.39. The third-order valence-corrected chi connectivity index (χ3v) is 4.70. The Morgan fingerprint density at radius 1 is 1.17 bits per heavy atom. The highest BCUT2D eigenvalue weighted by Gasteiger charge is 2.32. The zero-order valence-electron chi connectivity index (χ0n) is 14.2. The van der Waals surface area contributed by atoms with Gasteiger partial charge in [0.05, 0.1) is 6.10 Å². The number of urea groups is 1. The summed E-state index contributed by atoms with van der Waals surface area (Å²) in [4.78, 5) is 25.5. The standard InChI is InChI=1S/C18H25N3O3/c1-21(2)17(22)16-8-7-15(24-16)11-19-18(23)20-14-9-12-5-3-4-6-13(12)10-14/h3-6,14-16H,7-11H2,1-2H3,(H2,19,20,23)/t15-,16+/m1/s1. The van der Waals surface area contributed by atoms with Gasteiger partial charge in [-0.15, -0.1) is 0 Å². The number of nitrogens with one attached hydrogen (secondary N) is 2. The number of hydrogen-bond acceptors (Lipinski definition) is 3. The summed E-state index contributed by atoms with van der Waals surface area (Å²) in [5.74, 6) is -0.00864. The lowest BCUT2D eigenvalue weighted by Gasteiger charge is -2.18. The third-order valence-electron chi connectivity index (χ3n) is 4.70. The molecular weight excluding hydrogens is 306 g/mol. The Kier molecular flexibility index (Phi) is 5.04. The van der Waals surface area contributed by atoms with Gasteiger partial charge < -0.3 is 20.3 Å². The second-order valence-electron chi connectivity index (χ2n) is 6.78. The van der Waals surface area contributed by atoms with Gasteiger partial charge >= 0.3 is 6.03 Å². The van der Waals surface area contributed by atoms with E-state index in [1.165, 1.54) is 11.1 Å². The van der Waals surface area contributed by atoms with Gasteiger partial charge in [0.2, 0.25) is 0 Å². The molecule has 0 saturated carbocycles. The molecule has 0 bridgehead atoms. The summed E-state index contributed by atoms with van der Waals surface area (Å²) in [6, 6.07) is 8.27. The number of amides is 3. The highest BCUT2D eigenvalue weighted by atomic mass is 16.5. The average Bonchev–Trinajstić information content (AvgIpc) is 3.18. The minimum Gasteiger partial charge on any atom is -0.363 e. The predicted octanol–water partition coefficient (Wildman–Crippen LogP) is 1.09. The van der Waals surface area contributed by atoms with Crippen molar-refractivity contribution in [3.63, 3.8) is 0 Å². The largest absolute Gasteiger partial charge is 0.363 e. The molecule has 1 aliphatic carbocycles. The van der Waals surface area contributed by atoms with Gasteiger partial charge in [0.15, 0.2) is 0 Å². The molecule has 0 spiro atoms. The van der Waals surface area contributed by atoms with E-state index in [0.29, 0.717) is 13.0 Å². The molecule has 1 aromatic rings. The molecule has 1 saturated heterocycles. The first-order valence-electron chi connectivity index (χ1n) is 8.50. The van der Waals surface area contributed by atoms with E-state index in [1.807, 2.05) is 12.1 Å². The van der Waals surface area contributed by atoms with Gasteiger partial charge in [0.1, 0.15) is 6.10 Å². The van der Waals surface area contributed by atoms with E-state index in [0.717, 1.165) is 19.3 Å². The molecule has 2 aliphatic rings. The van der Waals surface area contributed by atoms with Crippen LogP contribution in [0.5, 0.6) is 0 Å². The van der Waals surface area contributed by atoms with E-state index in [4.69, 9.17) is 4.74 Å². The Bertz CT molecular complexity index is 592. The van der Waals surface area contributed by atoms with Gasteiger partial charge in [0, 0.05) is 26.7 Å². The van der Waals surface area contributed by atoms with E-state index in [9.17, 15) is 9.59 Å². The smallest absolute Gasteiger partial charge is 0.315 e. The average molecular weight is 331 g/mol. The summed E-state index contributed by atoms with van der Waals surface area (Å²) >= 11 is 0. The molecule has 1 aliphatic heterocycles. The first-order valence-corrected chi connectivity index (χ1v) is 8.50. The van der Waals surface area contributed by atoms with Gasteiger partial charge in [-0.25, -0.2) is 4.79 Å². The van der Waals surface area contributed by atoms with E-state index in [-0.39, 0.29) is 30.2 Å². The normalized spacial score (nSPS) is 22.9. The van der Waals surface area contributed by atoms with Crippen LogP contribution in [0, 0.1) is 0 Å². The molecule has 3 amide bonds. The highest BCUT2D eigenvalue weighted by Crippen LogP contribution is 2.22. The van der Waals surface area contributed by atoms with Crippen LogP contribution >= 0.6 is 0 Å². The Labute approximate surface area is 142 Å². The van der Waals surface area contributed by atoms with Crippen molar-refractivity contribution in [2.24, 2.45) is 0 Å². The van der Waals surface area contributed by atoms with E-state index < -0.39 is 0 Å². The van der Waals surface area contributed by atoms with E-state index >= 15 is 0 Å². The maximum absolute atomic E-state index is 12.1. The third kappa shape index (κ3) is 3.87. The molecule has 0 radical (unpaired) electrons. The number of carbonyl (C=O) groups excluding carboxylic acids is 2. The fourth-order valence-electron chi connectivity index (χ4n) is 3.43. The molecule has 2 atom stereocenters. The molecule has 0 unspecified atom stereocenters. The Hall–Kier alpha value is -2.08. The van der Waals surface area contributed by atoms with Crippen molar-refractivity contribution >= 4 is 11.9 Å². The van der Waals surface area contributed by atoms with Gasteiger partial charge in [-0.05, 0) is 36.8 Å². The molecule has 6 heteroatoms. The summed E-state index contributed by atoms with van der Waals surface area (Å²) in [6.07, 6.45) is 2.79. The minimum absolute atomic E-state index is 0.00864. The predicted molar refractivity (Wildman–Crippen MR) is 90.8 cm³/mol. The first-order chi connectivity index (χ1) is 11.5. The lowest BCUT2D eigenvalue weighted by atomic mass is 10.1. The maximum Gasteiger partial charge on any atom is 0.315 e. The maximum atomic E-state index is 12.1. The van der Waals surface area contributed by atoms with Crippen LogP contribution in [-0.4, -0.2) is 55.7 Å². The number of rotatable bonds is 4. The number of likely N-dealkylation sites (N-methyl/N-ethyl adjacent to an activating group) is 1. The van der Waals surface area contributed by atoms with E-state index in [2.05, 4.69) is 22.8 Å². The van der Waals surface area contributed by atoms with Crippen molar-refractivity contribution in [1.29, 1.82) is 0 Å². The van der Waals surface area contributed by atoms with Crippen LogP contribution in [0.15, 0.2) is 24.3 Å². The van der Waals surface area contributed by atoms with E-state index in [1.54, 1.807) is 19.0 Å². The van der Waals surface area contributed by atoms with Crippen LogP contribution in [0.1, 0.15) is 24.0 Å². The number of carbonyl (C=O) groups is 2. The molecule has 3 rings (SSSR count). The second-order valence-corrected chi connectivity index (χ2v) is 6.78. The van der Waals surface area contributed by atoms with Crippen LogP contribution in [0.3, 0.4) is 0 Å². The van der Waals surface area contributed by atoms with Gasteiger partial charge in [-0.1, -0.05) is 24.3 Å². The van der Waals surface area contributed by atoms with Crippen molar-refractivity contribution in [1.82, 2.24) is 15.5 Å². The minimum atomic E-state index is -0.376. The number of nitrogens with zero attached hydrogens (tertiary/aromatic N) is 1.